The van der Waals surface area contributed by atoms with E-state index >= 15 is 0 Å². The van der Waals surface area contributed by atoms with Gasteiger partial charge in [-0.25, -0.2) is 0 Å². The van der Waals surface area contributed by atoms with Crippen LogP contribution in [0.2, 0.25) is 0 Å². The van der Waals surface area contributed by atoms with Crippen LogP contribution in [0.3, 0.4) is 0 Å². The third-order valence-electron chi connectivity index (χ3n) is 2.25. The van der Waals surface area contributed by atoms with Crippen molar-refractivity contribution in [2.24, 2.45) is 0 Å². The number of rotatable bonds is 5. The summed E-state index contributed by atoms with van der Waals surface area (Å²) < 4.78 is 0. The maximum atomic E-state index is 9.17. The van der Waals surface area contributed by atoms with Gasteiger partial charge in [0.1, 0.15) is 0 Å². The lowest BCUT2D eigenvalue weighted by Gasteiger charge is -2.08. The number of aliphatic hydroxyl groups excluding tert-OH is 2. The first kappa shape index (κ1) is 13.0. The molecule has 0 saturated carbocycles. The molecule has 0 aromatic heterocycles. The quantitative estimate of drug-likeness (QED) is 0.813. The maximum absolute atomic E-state index is 9.17. The monoisotopic (exact) mass is 237 g/mol. The Morgan fingerprint density at radius 1 is 1.50 bits per heavy atom. The highest BCUT2D eigenvalue weighted by Crippen LogP contribution is 2.18. The largest absolute Gasteiger partial charge is 0.394 e. The molecule has 86 valence electrons. The van der Waals surface area contributed by atoms with E-state index in [9.17, 15) is 5.11 Å². The fraction of sp³-hybridized carbons (Fsp3) is 0.417. The van der Waals surface area contributed by atoms with Gasteiger partial charge in [0.05, 0.1) is 24.3 Å². The number of hydrogen-bond donors (Lipinski definition) is 2. The van der Waals surface area contributed by atoms with Crippen molar-refractivity contribution >= 4 is 11.8 Å². The third kappa shape index (κ3) is 3.86. The lowest BCUT2D eigenvalue weighted by molar-refractivity contribution is 0.113. The van der Waals surface area contributed by atoms with Crippen molar-refractivity contribution in [3.05, 3.63) is 34.9 Å². The van der Waals surface area contributed by atoms with Crippen LogP contribution >= 0.6 is 11.8 Å². The van der Waals surface area contributed by atoms with Crippen molar-refractivity contribution in [1.29, 1.82) is 5.26 Å². The van der Waals surface area contributed by atoms with Gasteiger partial charge < -0.3 is 10.2 Å². The molecule has 4 heteroatoms. The van der Waals surface area contributed by atoms with Crippen molar-refractivity contribution in [1.82, 2.24) is 0 Å². The van der Waals surface area contributed by atoms with Crippen LogP contribution in [0.4, 0.5) is 0 Å². The fourth-order valence-corrected chi connectivity index (χ4v) is 2.32. The maximum Gasteiger partial charge on any atom is 0.0991 e. The molecule has 0 fully saturated rings. The normalized spacial score (nSPS) is 12.1. The Morgan fingerprint density at radius 3 is 2.81 bits per heavy atom. The van der Waals surface area contributed by atoms with E-state index in [1.54, 1.807) is 17.8 Å². The number of aliphatic hydroxyl groups is 2. The van der Waals surface area contributed by atoms with Gasteiger partial charge in [0.25, 0.3) is 0 Å². The molecular weight excluding hydrogens is 222 g/mol. The molecule has 3 nitrogen and oxygen atoms in total. The average molecular weight is 237 g/mol. The summed E-state index contributed by atoms with van der Waals surface area (Å²) in [6.45, 7) is 1.78. The number of benzene rings is 1. The molecule has 1 aromatic carbocycles. The third-order valence-corrected chi connectivity index (χ3v) is 3.39. The number of thioether (sulfide) groups is 1. The summed E-state index contributed by atoms with van der Waals surface area (Å²) in [4.78, 5) is 0. The molecule has 1 atom stereocenters. The Hall–Kier alpha value is -1.02. The van der Waals surface area contributed by atoms with E-state index in [1.807, 2.05) is 19.1 Å². The topological polar surface area (TPSA) is 64.2 Å². The highest BCUT2D eigenvalue weighted by molar-refractivity contribution is 7.98. The van der Waals surface area contributed by atoms with Crippen molar-refractivity contribution in [2.45, 2.75) is 18.8 Å². The van der Waals surface area contributed by atoms with Gasteiger partial charge in [0.15, 0.2) is 0 Å². The van der Waals surface area contributed by atoms with Gasteiger partial charge >= 0.3 is 0 Å². The molecule has 0 aliphatic rings. The summed E-state index contributed by atoms with van der Waals surface area (Å²) in [7, 11) is 0. The zero-order valence-electron chi connectivity index (χ0n) is 9.18. The van der Waals surface area contributed by atoms with Crippen LogP contribution in [0.5, 0.6) is 0 Å². The second kappa shape index (κ2) is 6.54. The molecule has 0 saturated heterocycles. The summed E-state index contributed by atoms with van der Waals surface area (Å²) in [5.41, 5.74) is 2.92. The van der Waals surface area contributed by atoms with Crippen molar-refractivity contribution in [2.75, 3.05) is 12.4 Å². The Morgan fingerprint density at radius 2 is 2.25 bits per heavy atom. The Bertz CT molecular complexity index is 387. The first-order chi connectivity index (χ1) is 7.67. The Balaban J connectivity index is 2.52. The average Bonchev–Trinajstić information content (AvgIpc) is 2.30. The van der Waals surface area contributed by atoms with E-state index < -0.39 is 6.10 Å². The van der Waals surface area contributed by atoms with Crippen LogP contribution in [-0.4, -0.2) is 28.7 Å². The molecule has 0 aliphatic heterocycles. The van der Waals surface area contributed by atoms with Crippen molar-refractivity contribution in [3.63, 3.8) is 0 Å². The van der Waals surface area contributed by atoms with Crippen LogP contribution in [0.1, 0.15) is 16.7 Å². The van der Waals surface area contributed by atoms with Crippen LogP contribution in [0.15, 0.2) is 18.2 Å². The standard InChI is InChI=1S/C12H15NO2S/c1-9-4-10(5-13)2-3-11(9)7-16-8-12(15)6-14/h2-4,12,14-15H,6-8H2,1H3. The Kier molecular flexibility index (Phi) is 5.33. The zero-order chi connectivity index (χ0) is 12.0. The van der Waals surface area contributed by atoms with Gasteiger partial charge in [-0.15, -0.1) is 0 Å². The number of hydrogen-bond acceptors (Lipinski definition) is 4. The molecule has 0 aliphatic carbocycles. The minimum Gasteiger partial charge on any atom is -0.394 e. The van der Waals surface area contributed by atoms with Gasteiger partial charge in [0, 0.05) is 11.5 Å². The fourth-order valence-electron chi connectivity index (χ4n) is 1.28. The van der Waals surface area contributed by atoms with Gasteiger partial charge in [-0.3, -0.25) is 0 Å². The lowest BCUT2D eigenvalue weighted by atomic mass is 10.1. The van der Waals surface area contributed by atoms with Gasteiger partial charge in [-0.05, 0) is 30.2 Å². The summed E-state index contributed by atoms with van der Waals surface area (Å²) >= 11 is 1.57. The summed E-state index contributed by atoms with van der Waals surface area (Å²) in [6.07, 6.45) is -0.649. The second-order valence-electron chi connectivity index (χ2n) is 3.60. The minimum absolute atomic E-state index is 0.195. The first-order valence-electron chi connectivity index (χ1n) is 5.03. The van der Waals surface area contributed by atoms with Crippen LogP contribution in [0, 0.1) is 18.3 Å². The smallest absolute Gasteiger partial charge is 0.0991 e. The van der Waals surface area contributed by atoms with Gasteiger partial charge in [-0.2, -0.15) is 17.0 Å². The first-order valence-corrected chi connectivity index (χ1v) is 6.19. The molecule has 0 spiro atoms. The summed E-state index contributed by atoms with van der Waals surface area (Å²) in [6, 6.07) is 7.69. The lowest BCUT2D eigenvalue weighted by Crippen LogP contribution is -2.14. The molecule has 1 rings (SSSR count). The molecule has 1 unspecified atom stereocenters. The van der Waals surface area contributed by atoms with E-state index in [-0.39, 0.29) is 6.61 Å². The highest BCUT2D eigenvalue weighted by atomic mass is 32.2. The number of nitrogens with zero attached hydrogens (tertiary/aromatic N) is 1. The van der Waals surface area contributed by atoms with E-state index in [2.05, 4.69) is 6.07 Å². The molecular formula is C12H15NO2S. The Labute approximate surface area is 99.7 Å². The van der Waals surface area contributed by atoms with Gasteiger partial charge in [-0.1, -0.05) is 6.07 Å². The van der Waals surface area contributed by atoms with Crippen LogP contribution in [0.25, 0.3) is 0 Å². The van der Waals surface area contributed by atoms with Crippen molar-refractivity contribution < 1.29 is 10.2 Å². The van der Waals surface area contributed by atoms with Gasteiger partial charge in [0.2, 0.25) is 0 Å². The molecule has 2 N–H and O–H groups in total. The summed E-state index contributed by atoms with van der Waals surface area (Å²) in [5, 5.41) is 26.5. The highest BCUT2D eigenvalue weighted by Gasteiger charge is 2.04. The zero-order valence-corrected chi connectivity index (χ0v) is 10.00. The van der Waals surface area contributed by atoms with E-state index in [1.165, 1.54) is 0 Å². The number of nitriles is 1. The molecule has 16 heavy (non-hydrogen) atoms. The SMILES string of the molecule is Cc1cc(C#N)ccc1CSCC(O)CO. The minimum atomic E-state index is -0.649. The van der Waals surface area contributed by atoms with Crippen LogP contribution < -0.4 is 0 Å². The second-order valence-corrected chi connectivity index (χ2v) is 4.63. The molecule has 0 bridgehead atoms. The summed E-state index contributed by atoms with van der Waals surface area (Å²) in [5.74, 6) is 1.31. The van der Waals surface area contributed by atoms with E-state index in [0.717, 1.165) is 16.9 Å². The predicted molar refractivity (Wildman–Crippen MR) is 65.1 cm³/mol. The molecule has 0 radical (unpaired) electrons. The predicted octanol–water partition coefficient (Wildman–Crippen LogP) is 1.45. The van der Waals surface area contributed by atoms with E-state index in [0.29, 0.717) is 11.3 Å². The number of aryl methyl sites for hydroxylation is 1. The van der Waals surface area contributed by atoms with Crippen molar-refractivity contribution in [3.8, 4) is 6.07 Å². The van der Waals surface area contributed by atoms with Crippen LogP contribution in [-0.2, 0) is 5.75 Å². The molecule has 0 amide bonds. The molecule has 0 heterocycles. The molecule has 1 aromatic rings. The van der Waals surface area contributed by atoms with E-state index in [4.69, 9.17) is 10.4 Å².